The maximum atomic E-state index is 4.70. The maximum Gasteiger partial charge on any atom is 0.185 e. The van der Waals surface area contributed by atoms with Crippen LogP contribution in [0.25, 0.3) is 0 Å². The first-order chi connectivity index (χ1) is 9.74. The lowest BCUT2D eigenvalue weighted by molar-refractivity contribution is 0.430. The first kappa shape index (κ1) is 14.3. The second kappa shape index (κ2) is 6.44. The van der Waals surface area contributed by atoms with Gasteiger partial charge in [0.25, 0.3) is 0 Å². The van der Waals surface area contributed by atoms with Crippen LogP contribution in [0.3, 0.4) is 0 Å². The van der Waals surface area contributed by atoms with Gasteiger partial charge in [0.15, 0.2) is 5.13 Å². The molecule has 1 aromatic heterocycles. The zero-order valence-corrected chi connectivity index (χ0v) is 13.6. The van der Waals surface area contributed by atoms with Crippen molar-refractivity contribution >= 4 is 16.5 Å². The number of nitrogens with one attached hydrogen (secondary N) is 1. The molecule has 0 bridgehead atoms. The van der Waals surface area contributed by atoms with Crippen molar-refractivity contribution in [2.45, 2.75) is 71.0 Å². The molecule has 2 fully saturated rings. The van der Waals surface area contributed by atoms with E-state index in [1.807, 2.05) is 11.3 Å². The van der Waals surface area contributed by atoms with Crippen LogP contribution in [0.15, 0.2) is 6.20 Å². The van der Waals surface area contributed by atoms with Gasteiger partial charge in [0, 0.05) is 36.2 Å². The second-order valence-electron chi connectivity index (χ2n) is 6.59. The lowest BCUT2D eigenvalue weighted by Gasteiger charge is -2.29. The van der Waals surface area contributed by atoms with Crippen LogP contribution in [0.1, 0.15) is 57.2 Å². The summed E-state index contributed by atoms with van der Waals surface area (Å²) in [6, 6.07) is 1.31. The second-order valence-corrected chi connectivity index (χ2v) is 7.69. The van der Waals surface area contributed by atoms with E-state index in [1.165, 1.54) is 55.1 Å². The van der Waals surface area contributed by atoms with Gasteiger partial charge in [-0.3, -0.25) is 0 Å². The third-order valence-electron chi connectivity index (χ3n) is 4.71. The summed E-state index contributed by atoms with van der Waals surface area (Å²) in [5, 5.41) is 4.75. The Balaban J connectivity index is 1.65. The van der Waals surface area contributed by atoms with Crippen LogP contribution in [-0.4, -0.2) is 23.6 Å². The summed E-state index contributed by atoms with van der Waals surface area (Å²) in [6.07, 6.45) is 10.6. The SMILES string of the molecule is CC(C)NCc1cnc(N2CCCC2C2CCCC2)s1. The number of thiazole rings is 1. The minimum atomic E-state index is 0.540. The first-order valence-corrected chi connectivity index (χ1v) is 9.00. The molecule has 0 amide bonds. The molecule has 2 heterocycles. The van der Waals surface area contributed by atoms with Gasteiger partial charge in [-0.15, -0.1) is 11.3 Å². The van der Waals surface area contributed by atoms with Crippen molar-refractivity contribution in [3.8, 4) is 0 Å². The molecule has 1 unspecified atom stereocenters. The Labute approximate surface area is 126 Å². The number of hydrogen-bond donors (Lipinski definition) is 1. The summed E-state index contributed by atoms with van der Waals surface area (Å²) in [4.78, 5) is 8.68. The highest BCUT2D eigenvalue weighted by molar-refractivity contribution is 7.15. The van der Waals surface area contributed by atoms with Gasteiger partial charge in [0.1, 0.15) is 0 Å². The molecule has 0 aromatic carbocycles. The molecule has 0 radical (unpaired) electrons. The molecular formula is C16H27N3S. The number of hydrogen-bond acceptors (Lipinski definition) is 4. The summed E-state index contributed by atoms with van der Waals surface area (Å²) in [6.45, 7) is 6.56. The van der Waals surface area contributed by atoms with Crippen molar-refractivity contribution in [1.29, 1.82) is 0 Å². The van der Waals surface area contributed by atoms with Gasteiger partial charge in [-0.05, 0) is 31.6 Å². The van der Waals surface area contributed by atoms with E-state index in [0.717, 1.165) is 18.5 Å². The van der Waals surface area contributed by atoms with Gasteiger partial charge in [0.2, 0.25) is 0 Å². The van der Waals surface area contributed by atoms with Crippen LogP contribution in [0.5, 0.6) is 0 Å². The Bertz CT molecular complexity index is 423. The van der Waals surface area contributed by atoms with E-state index in [4.69, 9.17) is 4.98 Å². The van der Waals surface area contributed by atoms with Gasteiger partial charge < -0.3 is 10.2 Å². The van der Waals surface area contributed by atoms with Crippen molar-refractivity contribution in [3.05, 3.63) is 11.1 Å². The summed E-state index contributed by atoms with van der Waals surface area (Å²) in [5.74, 6) is 0.929. The van der Waals surface area contributed by atoms with E-state index < -0.39 is 0 Å². The smallest absolute Gasteiger partial charge is 0.185 e. The minimum absolute atomic E-state index is 0.540. The van der Waals surface area contributed by atoms with E-state index >= 15 is 0 Å². The Morgan fingerprint density at radius 3 is 2.85 bits per heavy atom. The monoisotopic (exact) mass is 293 g/mol. The molecule has 20 heavy (non-hydrogen) atoms. The minimum Gasteiger partial charge on any atom is -0.345 e. The Kier molecular flexibility index (Phi) is 4.61. The summed E-state index contributed by atoms with van der Waals surface area (Å²) >= 11 is 1.89. The molecule has 1 aromatic rings. The average molecular weight is 293 g/mol. The van der Waals surface area contributed by atoms with Crippen molar-refractivity contribution in [2.75, 3.05) is 11.4 Å². The first-order valence-electron chi connectivity index (χ1n) is 8.19. The number of anilines is 1. The lowest BCUT2D eigenvalue weighted by Crippen LogP contribution is -2.34. The molecular weight excluding hydrogens is 266 g/mol. The zero-order valence-electron chi connectivity index (χ0n) is 12.8. The Hall–Kier alpha value is -0.610. The average Bonchev–Trinajstić information content (AvgIpc) is 3.15. The van der Waals surface area contributed by atoms with E-state index in [9.17, 15) is 0 Å². The highest BCUT2D eigenvalue weighted by Gasteiger charge is 2.34. The molecule has 2 aliphatic rings. The van der Waals surface area contributed by atoms with Gasteiger partial charge in [-0.1, -0.05) is 26.7 Å². The molecule has 4 heteroatoms. The normalized spacial score (nSPS) is 24.1. The topological polar surface area (TPSA) is 28.2 Å². The van der Waals surface area contributed by atoms with Crippen LogP contribution in [0, 0.1) is 5.92 Å². The standard InChI is InChI=1S/C16H27N3S/c1-12(2)17-10-14-11-18-16(20-14)19-9-5-8-15(19)13-6-3-4-7-13/h11-13,15,17H,3-10H2,1-2H3. The van der Waals surface area contributed by atoms with Gasteiger partial charge >= 0.3 is 0 Å². The highest BCUT2D eigenvalue weighted by atomic mass is 32.1. The van der Waals surface area contributed by atoms with Gasteiger partial charge in [-0.25, -0.2) is 4.98 Å². The fourth-order valence-electron chi connectivity index (χ4n) is 3.68. The highest BCUT2D eigenvalue weighted by Crippen LogP contribution is 2.38. The fourth-order valence-corrected chi connectivity index (χ4v) is 4.62. The van der Waals surface area contributed by atoms with E-state index in [1.54, 1.807) is 0 Å². The van der Waals surface area contributed by atoms with Crippen molar-refractivity contribution in [1.82, 2.24) is 10.3 Å². The lowest BCUT2D eigenvalue weighted by atomic mass is 9.96. The van der Waals surface area contributed by atoms with Gasteiger partial charge in [0.05, 0.1) is 0 Å². The van der Waals surface area contributed by atoms with Crippen molar-refractivity contribution in [2.24, 2.45) is 5.92 Å². The zero-order chi connectivity index (χ0) is 13.9. The van der Waals surface area contributed by atoms with Crippen molar-refractivity contribution in [3.63, 3.8) is 0 Å². The molecule has 1 N–H and O–H groups in total. The quantitative estimate of drug-likeness (QED) is 0.895. The van der Waals surface area contributed by atoms with E-state index in [0.29, 0.717) is 6.04 Å². The number of rotatable bonds is 5. The third-order valence-corrected chi connectivity index (χ3v) is 5.75. The van der Waals surface area contributed by atoms with Crippen LogP contribution < -0.4 is 10.2 Å². The van der Waals surface area contributed by atoms with Gasteiger partial charge in [-0.2, -0.15) is 0 Å². The molecule has 1 aliphatic heterocycles. The third kappa shape index (κ3) is 3.17. The molecule has 3 nitrogen and oxygen atoms in total. The van der Waals surface area contributed by atoms with E-state index in [2.05, 4.69) is 30.3 Å². The largest absolute Gasteiger partial charge is 0.345 e. The molecule has 3 rings (SSSR count). The fraction of sp³-hybridized carbons (Fsp3) is 0.812. The number of nitrogens with zero attached hydrogens (tertiary/aromatic N) is 2. The van der Waals surface area contributed by atoms with Crippen LogP contribution in [0.2, 0.25) is 0 Å². The predicted molar refractivity (Wildman–Crippen MR) is 86.4 cm³/mol. The molecule has 1 atom stereocenters. The summed E-state index contributed by atoms with van der Waals surface area (Å²) in [7, 11) is 0. The predicted octanol–water partition coefficient (Wildman–Crippen LogP) is 3.80. The summed E-state index contributed by atoms with van der Waals surface area (Å²) < 4.78 is 0. The molecule has 0 spiro atoms. The Morgan fingerprint density at radius 2 is 2.10 bits per heavy atom. The number of aromatic nitrogens is 1. The Morgan fingerprint density at radius 1 is 1.30 bits per heavy atom. The molecule has 1 saturated heterocycles. The maximum absolute atomic E-state index is 4.70. The summed E-state index contributed by atoms with van der Waals surface area (Å²) in [5.41, 5.74) is 0. The molecule has 112 valence electrons. The molecule has 1 aliphatic carbocycles. The molecule has 1 saturated carbocycles. The van der Waals surface area contributed by atoms with Crippen molar-refractivity contribution < 1.29 is 0 Å². The van der Waals surface area contributed by atoms with Crippen LogP contribution in [0.4, 0.5) is 5.13 Å². The van der Waals surface area contributed by atoms with E-state index in [-0.39, 0.29) is 0 Å². The van der Waals surface area contributed by atoms with Crippen LogP contribution >= 0.6 is 11.3 Å². The van der Waals surface area contributed by atoms with Crippen LogP contribution in [-0.2, 0) is 6.54 Å².